The highest BCUT2D eigenvalue weighted by molar-refractivity contribution is 5.90. The highest BCUT2D eigenvalue weighted by atomic mass is 19.1. The van der Waals surface area contributed by atoms with Gasteiger partial charge in [-0.05, 0) is 17.2 Å². The van der Waals surface area contributed by atoms with Crippen molar-refractivity contribution in [3.63, 3.8) is 0 Å². The molecule has 8 heteroatoms. The molecule has 0 radical (unpaired) electrons. The van der Waals surface area contributed by atoms with Gasteiger partial charge in [0.1, 0.15) is 29.9 Å². The third-order valence-corrected chi connectivity index (χ3v) is 7.11. The topological polar surface area (TPSA) is 90.3 Å². The Morgan fingerprint density at radius 1 is 1.06 bits per heavy atom. The summed E-state index contributed by atoms with van der Waals surface area (Å²) in [6.07, 6.45) is -1.41. The van der Waals surface area contributed by atoms with Crippen LogP contribution in [-0.2, 0) is 24.4 Å². The van der Waals surface area contributed by atoms with Gasteiger partial charge in [0.2, 0.25) is 5.91 Å². The summed E-state index contributed by atoms with van der Waals surface area (Å²) in [5.74, 6) is -0.817. The van der Waals surface area contributed by atoms with Crippen molar-refractivity contribution < 1.29 is 28.9 Å². The minimum absolute atomic E-state index is 0.141. The quantitative estimate of drug-likeness (QED) is 0.579. The van der Waals surface area contributed by atoms with Gasteiger partial charge in [-0.1, -0.05) is 71.9 Å². The van der Waals surface area contributed by atoms with Crippen LogP contribution in [0.15, 0.2) is 42.5 Å². The second-order valence-corrected chi connectivity index (χ2v) is 11.4. The van der Waals surface area contributed by atoms with Crippen LogP contribution < -0.4 is 4.74 Å². The predicted molar refractivity (Wildman–Crippen MR) is 135 cm³/mol. The number of aliphatic hydroxyl groups excluding tert-OH is 1. The monoisotopic (exact) mass is 500 g/mol. The molecular formula is C28H37FN2O5. The zero-order chi connectivity index (χ0) is 27.1. The number of benzene rings is 2. The lowest BCUT2D eigenvalue weighted by atomic mass is 9.64. The van der Waals surface area contributed by atoms with E-state index in [2.05, 4.69) is 0 Å². The highest BCUT2D eigenvalue weighted by Gasteiger charge is 2.67. The number of ether oxygens (including phenoxy) is 1. The molecule has 1 saturated heterocycles. The molecule has 0 saturated carbocycles. The Labute approximate surface area is 212 Å². The number of carbonyl (C=O) groups excluding carboxylic acids is 1. The van der Waals surface area contributed by atoms with E-state index in [9.17, 15) is 19.8 Å². The number of amides is 2. The smallest absolute Gasteiger partial charge is 0.409 e. The van der Waals surface area contributed by atoms with Gasteiger partial charge in [0, 0.05) is 35.9 Å². The zero-order valence-electron chi connectivity index (χ0n) is 22.1. The Morgan fingerprint density at radius 2 is 1.64 bits per heavy atom. The van der Waals surface area contributed by atoms with Gasteiger partial charge in [-0.3, -0.25) is 9.69 Å². The second kappa shape index (κ2) is 9.73. The van der Waals surface area contributed by atoms with Crippen molar-refractivity contribution in [2.24, 2.45) is 10.8 Å². The molecule has 1 fully saturated rings. The van der Waals surface area contributed by atoms with Crippen molar-refractivity contribution in [2.75, 3.05) is 7.05 Å². The first-order valence-corrected chi connectivity index (χ1v) is 12.1. The SMILES string of the molecule is CN1C(=O)C(Cc2cc(CO)c(OCc3ccccc3)cc2F)N(C(=O)O)C1(C(C)(C)C)C(C)(C)C. The van der Waals surface area contributed by atoms with Crippen LogP contribution in [0, 0.1) is 16.6 Å². The molecular weight excluding hydrogens is 463 g/mol. The number of carboxylic acid groups (broad SMARTS) is 1. The van der Waals surface area contributed by atoms with Gasteiger partial charge in [0.05, 0.1) is 6.61 Å². The maximum Gasteiger partial charge on any atom is 0.409 e. The van der Waals surface area contributed by atoms with E-state index in [-0.39, 0.29) is 24.3 Å². The minimum atomic E-state index is -1.24. The molecule has 36 heavy (non-hydrogen) atoms. The summed E-state index contributed by atoms with van der Waals surface area (Å²) in [4.78, 5) is 28.9. The zero-order valence-corrected chi connectivity index (χ0v) is 22.1. The lowest BCUT2D eigenvalue weighted by Crippen LogP contribution is -2.69. The predicted octanol–water partition coefficient (Wildman–Crippen LogP) is 5.05. The largest absolute Gasteiger partial charge is 0.488 e. The van der Waals surface area contributed by atoms with Crippen molar-refractivity contribution in [1.82, 2.24) is 9.80 Å². The number of carbonyl (C=O) groups is 2. The van der Waals surface area contributed by atoms with Crippen LogP contribution in [0.1, 0.15) is 58.2 Å². The van der Waals surface area contributed by atoms with Crippen LogP contribution in [-0.4, -0.2) is 50.8 Å². The maximum absolute atomic E-state index is 15.3. The van der Waals surface area contributed by atoms with Crippen LogP contribution in [0.25, 0.3) is 0 Å². The fraction of sp³-hybridized carbons (Fsp3) is 0.500. The van der Waals surface area contributed by atoms with Gasteiger partial charge in [0.25, 0.3) is 0 Å². The average Bonchev–Trinajstić information content (AvgIpc) is 3.02. The molecule has 1 unspecified atom stereocenters. The Kier molecular flexibility index (Phi) is 7.42. The first-order chi connectivity index (χ1) is 16.7. The van der Waals surface area contributed by atoms with E-state index in [0.29, 0.717) is 5.56 Å². The van der Waals surface area contributed by atoms with E-state index in [0.717, 1.165) is 5.56 Å². The summed E-state index contributed by atoms with van der Waals surface area (Å²) < 4.78 is 21.1. The molecule has 2 aromatic carbocycles. The fourth-order valence-electron chi connectivity index (χ4n) is 6.19. The lowest BCUT2D eigenvalue weighted by Gasteiger charge is -2.58. The molecule has 2 amide bonds. The summed E-state index contributed by atoms with van der Waals surface area (Å²) >= 11 is 0. The number of aliphatic hydroxyl groups is 1. The van der Waals surface area contributed by atoms with E-state index in [1.165, 1.54) is 21.9 Å². The van der Waals surface area contributed by atoms with Crippen molar-refractivity contribution in [3.05, 3.63) is 65.0 Å². The average molecular weight is 501 g/mol. The third-order valence-electron chi connectivity index (χ3n) is 7.11. The number of nitrogens with zero attached hydrogens (tertiary/aromatic N) is 2. The normalized spacial score (nSPS) is 18.0. The molecule has 0 spiro atoms. The number of hydrogen-bond donors (Lipinski definition) is 2. The minimum Gasteiger partial charge on any atom is -0.488 e. The maximum atomic E-state index is 15.3. The first kappa shape index (κ1) is 27.5. The summed E-state index contributed by atoms with van der Waals surface area (Å²) in [7, 11) is 1.62. The van der Waals surface area contributed by atoms with E-state index in [1.54, 1.807) is 7.05 Å². The molecule has 0 aromatic heterocycles. The summed E-state index contributed by atoms with van der Waals surface area (Å²) in [6, 6.07) is 10.9. The van der Waals surface area contributed by atoms with Crippen molar-refractivity contribution >= 4 is 12.0 Å². The molecule has 7 nitrogen and oxygen atoms in total. The molecule has 1 heterocycles. The Hall–Kier alpha value is -3.13. The Morgan fingerprint density at radius 3 is 2.14 bits per heavy atom. The van der Waals surface area contributed by atoms with E-state index >= 15 is 4.39 Å². The fourth-order valence-corrected chi connectivity index (χ4v) is 6.19. The highest BCUT2D eigenvalue weighted by Crippen LogP contribution is 2.54. The molecule has 3 rings (SSSR count). The molecule has 0 bridgehead atoms. The molecule has 1 atom stereocenters. The van der Waals surface area contributed by atoms with Crippen LogP contribution in [0.4, 0.5) is 9.18 Å². The van der Waals surface area contributed by atoms with Gasteiger partial charge in [-0.25, -0.2) is 9.18 Å². The number of hydrogen-bond acceptors (Lipinski definition) is 4. The van der Waals surface area contributed by atoms with Crippen molar-refractivity contribution in [2.45, 2.75) is 72.9 Å². The number of likely N-dealkylation sites (N-methyl/N-ethyl adjacent to an activating group) is 1. The molecule has 0 aliphatic carbocycles. The van der Waals surface area contributed by atoms with E-state index < -0.39 is 47.0 Å². The molecule has 1 aliphatic heterocycles. The molecule has 2 aromatic rings. The third kappa shape index (κ3) is 4.54. The van der Waals surface area contributed by atoms with Crippen LogP contribution in [0.2, 0.25) is 0 Å². The standard InChI is InChI=1S/C28H37FN2O5/c1-26(2,3)28(27(4,5)6)30(7)24(33)22(31(28)25(34)35)14-19-13-20(16-32)23(15-21(19)29)36-17-18-11-9-8-10-12-18/h8-13,15,22,32H,14,16-17H2,1-7H3,(H,34,35). The van der Waals surface area contributed by atoms with E-state index in [4.69, 9.17) is 4.74 Å². The first-order valence-electron chi connectivity index (χ1n) is 12.1. The number of halogens is 1. The van der Waals surface area contributed by atoms with Gasteiger partial charge < -0.3 is 19.8 Å². The van der Waals surface area contributed by atoms with Gasteiger partial charge in [-0.2, -0.15) is 0 Å². The van der Waals surface area contributed by atoms with Crippen LogP contribution in [0.3, 0.4) is 0 Å². The molecule has 1 aliphatic rings. The Balaban J connectivity index is 2.01. The lowest BCUT2D eigenvalue weighted by molar-refractivity contribution is -0.151. The van der Waals surface area contributed by atoms with E-state index in [1.807, 2.05) is 71.9 Å². The summed E-state index contributed by atoms with van der Waals surface area (Å²) in [6.45, 7) is 11.2. The molecule has 2 N–H and O–H groups in total. The van der Waals surface area contributed by atoms with Crippen LogP contribution >= 0.6 is 0 Å². The van der Waals surface area contributed by atoms with Gasteiger partial charge >= 0.3 is 6.09 Å². The van der Waals surface area contributed by atoms with Gasteiger partial charge in [-0.15, -0.1) is 0 Å². The summed E-state index contributed by atoms with van der Waals surface area (Å²) in [5, 5.41) is 20.3. The number of rotatable bonds is 6. The van der Waals surface area contributed by atoms with Crippen LogP contribution in [0.5, 0.6) is 5.75 Å². The summed E-state index contributed by atoms with van der Waals surface area (Å²) in [5.41, 5.74) is -1.07. The second-order valence-electron chi connectivity index (χ2n) is 11.4. The van der Waals surface area contributed by atoms with Crippen molar-refractivity contribution in [3.8, 4) is 5.75 Å². The van der Waals surface area contributed by atoms with Gasteiger partial charge in [0.15, 0.2) is 0 Å². The Bertz CT molecular complexity index is 1110. The molecule has 196 valence electrons. The van der Waals surface area contributed by atoms with Crippen molar-refractivity contribution in [1.29, 1.82) is 0 Å².